The average Bonchev–Trinajstić information content (AvgIpc) is 2.64. The molecule has 1 aromatic heterocycles. The van der Waals surface area contributed by atoms with Gasteiger partial charge in [-0.25, -0.2) is 14.6 Å². The van der Waals surface area contributed by atoms with Crippen LogP contribution in [-0.4, -0.2) is 30.7 Å². The molecule has 1 N–H and O–H groups in total. The van der Waals surface area contributed by atoms with E-state index in [-0.39, 0.29) is 18.8 Å². The van der Waals surface area contributed by atoms with Gasteiger partial charge in [0.05, 0.1) is 13.7 Å². The number of nitrogens with zero attached hydrogens (tertiary/aromatic N) is 1. The minimum atomic E-state index is -0.551. The van der Waals surface area contributed by atoms with E-state index < -0.39 is 12.1 Å². The molecule has 1 heterocycles. The summed E-state index contributed by atoms with van der Waals surface area (Å²) in [6.07, 6.45) is -0.551. The molecule has 0 aliphatic rings. The van der Waals surface area contributed by atoms with E-state index in [9.17, 15) is 9.59 Å². The fourth-order valence-corrected chi connectivity index (χ4v) is 1.75. The number of nitrogens with one attached hydrogen (secondary N) is 1. The Kier molecular flexibility index (Phi) is 6.35. The van der Waals surface area contributed by atoms with Crippen molar-refractivity contribution in [3.63, 3.8) is 0 Å². The van der Waals surface area contributed by atoms with E-state index >= 15 is 0 Å². The summed E-state index contributed by atoms with van der Waals surface area (Å²) in [6, 6.07) is 14.2. The normalized spacial score (nSPS) is 9.38. The van der Waals surface area contributed by atoms with Crippen molar-refractivity contribution in [1.82, 2.24) is 10.3 Å². The molecule has 0 fully saturated rings. The van der Waals surface area contributed by atoms with Crippen LogP contribution in [0.1, 0.15) is 21.7 Å². The zero-order chi connectivity index (χ0) is 17.2. The van der Waals surface area contributed by atoms with Crippen LogP contribution >= 0.6 is 0 Å². The number of rotatable bonds is 4. The van der Waals surface area contributed by atoms with Crippen molar-refractivity contribution >= 4 is 12.1 Å². The number of ether oxygens (including phenoxy) is 2. The number of hydrogen-bond acceptors (Lipinski definition) is 5. The largest absolute Gasteiger partial charge is 0.464 e. The minimum Gasteiger partial charge on any atom is -0.464 e. The molecule has 122 valence electrons. The lowest BCUT2D eigenvalue weighted by atomic mass is 10.2. The van der Waals surface area contributed by atoms with Gasteiger partial charge in [0.2, 0.25) is 0 Å². The monoisotopic (exact) mass is 324 g/mol. The zero-order valence-electron chi connectivity index (χ0n) is 13.1. The van der Waals surface area contributed by atoms with Gasteiger partial charge in [0.1, 0.15) is 18.0 Å². The quantitative estimate of drug-likeness (QED) is 0.689. The molecule has 6 nitrogen and oxygen atoms in total. The number of alkyl carbamates (subject to hydrolysis) is 1. The first-order chi connectivity index (χ1) is 11.7. The van der Waals surface area contributed by atoms with Gasteiger partial charge in [-0.05, 0) is 23.6 Å². The molecule has 2 rings (SSSR count). The SMILES string of the molecule is COC(=O)c1cccc(C#CCNC(=O)OCc2ccccc2)n1. The Morgan fingerprint density at radius 2 is 1.92 bits per heavy atom. The topological polar surface area (TPSA) is 77.5 Å². The summed E-state index contributed by atoms with van der Waals surface area (Å²) in [7, 11) is 1.29. The maximum absolute atomic E-state index is 11.5. The standard InChI is InChI=1S/C18H16N2O4/c1-23-17(21)16-11-5-9-15(20-16)10-6-12-19-18(22)24-13-14-7-3-2-4-8-14/h2-5,7-9,11H,12-13H2,1H3,(H,19,22). The Bertz CT molecular complexity index is 763. The van der Waals surface area contributed by atoms with E-state index in [0.717, 1.165) is 5.56 Å². The number of pyridine rings is 1. The molecule has 0 spiro atoms. The summed E-state index contributed by atoms with van der Waals surface area (Å²) >= 11 is 0. The van der Waals surface area contributed by atoms with Gasteiger partial charge < -0.3 is 14.8 Å². The van der Waals surface area contributed by atoms with E-state index in [0.29, 0.717) is 5.69 Å². The highest BCUT2D eigenvalue weighted by Gasteiger charge is 2.06. The molecule has 0 aliphatic carbocycles. The van der Waals surface area contributed by atoms with E-state index in [1.165, 1.54) is 13.2 Å². The Morgan fingerprint density at radius 1 is 1.12 bits per heavy atom. The highest BCUT2D eigenvalue weighted by Crippen LogP contribution is 2.01. The third kappa shape index (κ3) is 5.46. The second-order valence-electron chi connectivity index (χ2n) is 4.62. The lowest BCUT2D eigenvalue weighted by Crippen LogP contribution is -2.24. The molecule has 0 unspecified atom stereocenters. The smallest absolute Gasteiger partial charge is 0.408 e. The maximum atomic E-state index is 11.5. The molecule has 0 bridgehead atoms. The summed E-state index contributed by atoms with van der Waals surface area (Å²) in [5.74, 6) is 4.97. The van der Waals surface area contributed by atoms with Crippen LogP contribution in [0.2, 0.25) is 0 Å². The molecule has 1 aromatic carbocycles. The summed E-state index contributed by atoms with van der Waals surface area (Å²) < 4.78 is 9.64. The molecular weight excluding hydrogens is 308 g/mol. The van der Waals surface area contributed by atoms with Crippen LogP contribution in [0.15, 0.2) is 48.5 Å². The predicted molar refractivity (Wildman–Crippen MR) is 87.1 cm³/mol. The lowest BCUT2D eigenvalue weighted by Gasteiger charge is -2.04. The van der Waals surface area contributed by atoms with Crippen LogP contribution in [0.25, 0.3) is 0 Å². The molecule has 0 saturated carbocycles. The van der Waals surface area contributed by atoms with Crippen LogP contribution in [0, 0.1) is 11.8 Å². The number of aromatic nitrogens is 1. The Labute approximate surface area is 139 Å². The summed E-state index contributed by atoms with van der Waals surface area (Å²) in [5.41, 5.74) is 1.50. The Morgan fingerprint density at radius 3 is 2.67 bits per heavy atom. The molecule has 0 atom stereocenters. The van der Waals surface area contributed by atoms with Crippen molar-refractivity contribution in [3.8, 4) is 11.8 Å². The molecule has 24 heavy (non-hydrogen) atoms. The van der Waals surface area contributed by atoms with E-state index in [2.05, 4.69) is 26.9 Å². The van der Waals surface area contributed by atoms with Crippen molar-refractivity contribution in [3.05, 3.63) is 65.5 Å². The van der Waals surface area contributed by atoms with Crippen LogP contribution in [0.3, 0.4) is 0 Å². The van der Waals surface area contributed by atoms with Crippen LogP contribution in [0.4, 0.5) is 4.79 Å². The Hall–Kier alpha value is -3.33. The maximum Gasteiger partial charge on any atom is 0.408 e. The third-order valence-electron chi connectivity index (χ3n) is 2.89. The first-order valence-electron chi connectivity index (χ1n) is 7.18. The van der Waals surface area contributed by atoms with Gasteiger partial charge in [-0.3, -0.25) is 0 Å². The second kappa shape index (κ2) is 8.96. The summed E-state index contributed by atoms with van der Waals surface area (Å²) in [4.78, 5) is 26.9. The molecule has 6 heteroatoms. The number of carbonyl (C=O) groups excluding carboxylic acids is 2. The van der Waals surface area contributed by atoms with Crippen molar-refractivity contribution in [2.45, 2.75) is 6.61 Å². The van der Waals surface area contributed by atoms with E-state index in [4.69, 9.17) is 4.74 Å². The van der Waals surface area contributed by atoms with Crippen LogP contribution < -0.4 is 5.32 Å². The highest BCUT2D eigenvalue weighted by molar-refractivity contribution is 5.87. The van der Waals surface area contributed by atoms with E-state index in [1.54, 1.807) is 12.1 Å². The van der Waals surface area contributed by atoms with Crippen molar-refractivity contribution in [2.75, 3.05) is 13.7 Å². The second-order valence-corrected chi connectivity index (χ2v) is 4.62. The molecule has 0 aliphatic heterocycles. The molecular formula is C18H16N2O4. The lowest BCUT2D eigenvalue weighted by molar-refractivity contribution is 0.0594. The minimum absolute atomic E-state index is 0.109. The van der Waals surface area contributed by atoms with Crippen LogP contribution in [0.5, 0.6) is 0 Å². The summed E-state index contributed by atoms with van der Waals surface area (Å²) in [5, 5.41) is 2.52. The summed E-state index contributed by atoms with van der Waals surface area (Å²) in [6.45, 7) is 0.306. The van der Waals surface area contributed by atoms with Gasteiger partial charge in [-0.15, -0.1) is 0 Å². The molecule has 0 saturated heterocycles. The number of methoxy groups -OCH3 is 1. The van der Waals surface area contributed by atoms with Gasteiger partial charge in [0.15, 0.2) is 0 Å². The van der Waals surface area contributed by atoms with Gasteiger partial charge >= 0.3 is 12.1 Å². The van der Waals surface area contributed by atoms with Gasteiger partial charge in [0.25, 0.3) is 0 Å². The number of hydrogen-bond donors (Lipinski definition) is 1. The zero-order valence-corrected chi connectivity index (χ0v) is 13.1. The van der Waals surface area contributed by atoms with Gasteiger partial charge in [0, 0.05) is 0 Å². The third-order valence-corrected chi connectivity index (χ3v) is 2.89. The first-order valence-corrected chi connectivity index (χ1v) is 7.18. The van der Waals surface area contributed by atoms with Crippen molar-refractivity contribution in [2.24, 2.45) is 0 Å². The fourth-order valence-electron chi connectivity index (χ4n) is 1.75. The molecule has 0 radical (unpaired) electrons. The van der Waals surface area contributed by atoms with Gasteiger partial charge in [-0.2, -0.15) is 0 Å². The fraction of sp³-hybridized carbons (Fsp3) is 0.167. The van der Waals surface area contributed by atoms with Crippen molar-refractivity contribution < 1.29 is 19.1 Å². The van der Waals surface area contributed by atoms with E-state index in [1.807, 2.05) is 30.3 Å². The van der Waals surface area contributed by atoms with Crippen LogP contribution in [-0.2, 0) is 16.1 Å². The number of benzene rings is 1. The van der Waals surface area contributed by atoms with Crippen molar-refractivity contribution in [1.29, 1.82) is 0 Å². The number of carbonyl (C=O) groups is 2. The number of amides is 1. The Balaban J connectivity index is 1.79. The van der Waals surface area contributed by atoms with Gasteiger partial charge in [-0.1, -0.05) is 42.3 Å². The first kappa shape index (κ1) is 17.0. The average molecular weight is 324 g/mol. The number of esters is 1. The highest BCUT2D eigenvalue weighted by atomic mass is 16.5. The molecule has 2 aromatic rings. The predicted octanol–water partition coefficient (Wildman–Crippen LogP) is 2.15. The molecule has 1 amide bonds.